The van der Waals surface area contributed by atoms with Crippen LogP contribution in [0.2, 0.25) is 0 Å². The van der Waals surface area contributed by atoms with Crippen molar-refractivity contribution in [1.29, 1.82) is 1.45 Å². The van der Waals surface area contributed by atoms with Crippen LogP contribution in [0.25, 0.3) is 10.8 Å². The minimum absolute atomic E-state index is 0. The summed E-state index contributed by atoms with van der Waals surface area (Å²) in [6.45, 7) is 1.47. The summed E-state index contributed by atoms with van der Waals surface area (Å²) in [6, 6.07) is 14.9. The van der Waals surface area contributed by atoms with Crippen LogP contribution < -0.4 is 27.1 Å². The van der Waals surface area contributed by atoms with Gasteiger partial charge in [0, 0.05) is 5.69 Å². The largest absolute Gasteiger partial charge is 0.391 e. The van der Waals surface area contributed by atoms with Gasteiger partial charge in [0.2, 0.25) is 11.9 Å². The van der Waals surface area contributed by atoms with Crippen LogP contribution in [0.3, 0.4) is 0 Å². The molecule has 6 N–H and O–H groups in total. The Morgan fingerprint density at radius 1 is 1.14 bits per heavy atom. The number of guanidine groups is 1. The van der Waals surface area contributed by atoms with Crippen molar-refractivity contribution in [2.75, 3.05) is 17.9 Å². The van der Waals surface area contributed by atoms with E-state index in [0.29, 0.717) is 5.69 Å². The number of carbonyl (C=O) groups is 1. The van der Waals surface area contributed by atoms with Crippen LogP contribution in [0.15, 0.2) is 69.4 Å². The molecule has 190 valence electrons. The number of rotatable bonds is 9. The summed E-state index contributed by atoms with van der Waals surface area (Å²) in [5, 5.41) is 7.52. The molecule has 0 fully saturated rings. The minimum atomic E-state index is -4.03. The van der Waals surface area contributed by atoms with E-state index in [9.17, 15) is 18.0 Å². The van der Waals surface area contributed by atoms with E-state index in [0.717, 1.165) is 10.8 Å². The number of aromatic nitrogens is 1. The van der Waals surface area contributed by atoms with E-state index in [1.54, 1.807) is 25.1 Å². The zero-order valence-corrected chi connectivity index (χ0v) is 19.0. The fourth-order valence-electron chi connectivity index (χ4n) is 3.04. The number of hydrogen-bond acceptors (Lipinski definition) is 6. The first kappa shape index (κ1) is 27.1. The van der Waals surface area contributed by atoms with E-state index in [-0.39, 0.29) is 43.7 Å². The van der Waals surface area contributed by atoms with Crippen molar-refractivity contribution < 1.29 is 22.8 Å². The van der Waals surface area contributed by atoms with Crippen LogP contribution in [-0.2, 0) is 26.2 Å². The second-order valence-corrected chi connectivity index (χ2v) is 8.78. The highest BCUT2D eigenvalue weighted by molar-refractivity contribution is 7.92. The van der Waals surface area contributed by atoms with Gasteiger partial charge in [-0.15, -0.1) is 0 Å². The molecule has 2 aromatic carbocycles. The van der Waals surface area contributed by atoms with Gasteiger partial charge in [-0.2, -0.15) is 0 Å². The molecule has 0 unspecified atom stereocenters. The number of halogens is 1. The quantitative estimate of drug-likeness (QED) is 0.145. The first-order chi connectivity index (χ1) is 16.7. The van der Waals surface area contributed by atoms with Crippen LogP contribution in [0.1, 0.15) is 13.1 Å². The molecule has 0 atom stereocenters. The van der Waals surface area contributed by atoms with Crippen molar-refractivity contribution in [2.24, 2.45) is 16.6 Å². The summed E-state index contributed by atoms with van der Waals surface area (Å²) < 4.78 is 42.3. The third-order valence-corrected chi connectivity index (χ3v) is 6.02. The fourth-order valence-corrected chi connectivity index (χ4v) is 4.13. The number of nitrogens with two attached hydrogens (primary N) is 2. The fraction of sp³-hybridized carbons (Fsp3) is 0.227. The SMILES string of the molecule is C.Cc1ccc(NS(=O)(=O)c2ccc3ccccc3c2)c(=O)n1CC(=O)NCCON=C(N)N.[3H]F. The normalized spacial score (nSPS) is 10.6. The minimum Gasteiger partial charge on any atom is -0.391 e. The Bertz CT molecular complexity index is 1380. The van der Waals surface area contributed by atoms with Gasteiger partial charge in [0.15, 0.2) is 0 Å². The standard InChI is InChI=1S/C21H24N6O5S.CH4.FH/c1-14-6-9-18(20(29)27(14)13-19(28)24-10-11-32-25-21(22)23)26-33(30,31)17-8-7-15-4-2-3-5-16(15)12-17;;/h2-9,12,26H,10-11,13H2,1H3,(H,24,28)(H4,22,23,25);1H4;1H/i/hT. The van der Waals surface area contributed by atoms with Crippen LogP contribution in [0.5, 0.6) is 0 Å². The summed E-state index contributed by atoms with van der Waals surface area (Å²) in [7, 11) is -4.03. The summed E-state index contributed by atoms with van der Waals surface area (Å²) >= 11 is 0. The van der Waals surface area contributed by atoms with Gasteiger partial charge in [0.05, 0.1) is 11.4 Å². The number of oxime groups is 1. The Morgan fingerprint density at radius 3 is 2.51 bits per heavy atom. The zero-order chi connectivity index (χ0) is 26.0. The molecule has 0 saturated heterocycles. The number of hydrogen-bond donors (Lipinski definition) is 4. The maximum Gasteiger partial charge on any atom is 0.275 e. The van der Waals surface area contributed by atoms with Crippen LogP contribution in [0.4, 0.5) is 10.4 Å². The smallest absolute Gasteiger partial charge is 0.275 e. The highest BCUT2D eigenvalue weighted by Crippen LogP contribution is 2.20. The number of aryl methyl sites for hydroxylation is 1. The molecule has 35 heavy (non-hydrogen) atoms. The number of benzene rings is 2. The van der Waals surface area contributed by atoms with Gasteiger partial charge in [-0.1, -0.05) is 37.8 Å². The average molecular weight is 511 g/mol. The third-order valence-electron chi connectivity index (χ3n) is 4.66. The van der Waals surface area contributed by atoms with Gasteiger partial charge in [-0.3, -0.25) is 19.0 Å². The number of nitrogens with one attached hydrogen (secondary N) is 2. The predicted molar refractivity (Wildman–Crippen MR) is 134 cm³/mol. The van der Waals surface area contributed by atoms with Gasteiger partial charge in [0.25, 0.3) is 17.0 Å². The van der Waals surface area contributed by atoms with Gasteiger partial charge in [-0.25, -0.2) is 8.42 Å². The molecular weight excluding hydrogens is 479 g/mol. The number of amides is 1. The molecule has 0 radical (unpaired) electrons. The molecule has 1 aromatic heterocycles. The van der Waals surface area contributed by atoms with E-state index >= 15 is 0 Å². The average Bonchev–Trinajstić information content (AvgIpc) is 2.84. The van der Waals surface area contributed by atoms with Crippen molar-refractivity contribution >= 4 is 38.3 Å². The van der Waals surface area contributed by atoms with E-state index in [2.05, 4.69) is 16.6 Å². The lowest BCUT2D eigenvalue weighted by molar-refractivity contribution is -0.122. The molecule has 13 heteroatoms. The molecule has 0 spiro atoms. The number of anilines is 1. The molecule has 3 rings (SSSR count). The third kappa shape index (κ3) is 7.43. The molecule has 0 saturated carbocycles. The molecule has 0 aliphatic heterocycles. The summed E-state index contributed by atoms with van der Waals surface area (Å²) in [5.41, 5.74) is 9.91. The number of fused-ring (bicyclic) bond motifs is 1. The molecule has 1 amide bonds. The maximum atomic E-state index is 12.9. The predicted octanol–water partition coefficient (Wildman–Crippen LogP) is 1.22. The summed E-state index contributed by atoms with van der Waals surface area (Å²) in [5.74, 6) is -0.713. The van der Waals surface area contributed by atoms with E-state index in [1.165, 1.54) is 22.8 Å². The molecule has 0 aliphatic carbocycles. The van der Waals surface area contributed by atoms with Gasteiger partial charge in [0.1, 0.15) is 18.8 Å². The van der Waals surface area contributed by atoms with Crippen LogP contribution in [-0.4, -0.2) is 39.5 Å². The van der Waals surface area contributed by atoms with Crippen LogP contribution in [0, 0.1) is 6.92 Å². The Kier molecular flexibility index (Phi) is 9.58. The van der Waals surface area contributed by atoms with E-state index < -0.39 is 21.5 Å². The monoisotopic (exact) mass is 510 g/mol. The molecule has 11 nitrogen and oxygen atoms in total. The second-order valence-electron chi connectivity index (χ2n) is 7.09. The lowest BCUT2D eigenvalue weighted by Gasteiger charge is -2.14. The van der Waals surface area contributed by atoms with Gasteiger partial charge >= 0.3 is 0 Å². The highest BCUT2D eigenvalue weighted by Gasteiger charge is 2.18. The first-order valence-electron chi connectivity index (χ1n) is 10.2. The molecule has 1 heterocycles. The number of nitrogens with zero attached hydrogens (tertiary/aromatic N) is 2. The van der Waals surface area contributed by atoms with Crippen LogP contribution >= 0.6 is 0 Å². The van der Waals surface area contributed by atoms with Crippen molar-refractivity contribution in [3.8, 4) is 0 Å². The highest BCUT2D eigenvalue weighted by atomic mass is 32.2. The summed E-state index contributed by atoms with van der Waals surface area (Å²) in [6.07, 6.45) is 0. The van der Waals surface area contributed by atoms with E-state index in [4.69, 9.17) is 21.0 Å². The first-order valence-corrected chi connectivity index (χ1v) is 11.4. The molecule has 0 aliphatic rings. The van der Waals surface area contributed by atoms with Crippen molar-refractivity contribution in [3.63, 3.8) is 0 Å². The lowest BCUT2D eigenvalue weighted by Crippen LogP contribution is -2.36. The number of pyridine rings is 1. The van der Waals surface area contributed by atoms with Gasteiger partial charge in [-0.05, 0) is 47.1 Å². The Balaban J connectivity index is 0.00000211. The lowest BCUT2D eigenvalue weighted by atomic mass is 10.1. The summed E-state index contributed by atoms with van der Waals surface area (Å²) in [4.78, 5) is 29.9. The molecule has 0 bridgehead atoms. The maximum absolute atomic E-state index is 12.9. The van der Waals surface area contributed by atoms with Gasteiger partial charge < -0.3 is 26.2 Å². The van der Waals surface area contributed by atoms with Crippen molar-refractivity contribution in [3.05, 3.63) is 70.6 Å². The number of carbonyl (C=O) groups excluding carboxylic acids is 1. The zero-order valence-electron chi connectivity index (χ0n) is 19.2. The second kappa shape index (κ2) is 12.4. The Morgan fingerprint density at radius 2 is 1.83 bits per heavy atom. The van der Waals surface area contributed by atoms with E-state index in [1.807, 2.05) is 18.2 Å². The molecular formula is C22H29FN6O5S. The van der Waals surface area contributed by atoms with Crippen molar-refractivity contribution in [2.45, 2.75) is 25.8 Å². The number of sulfonamides is 1. The topological polar surface area (TPSA) is 171 Å². The molecule has 3 aromatic rings. The Hall–Kier alpha value is -4.13. The van der Waals surface area contributed by atoms with Crippen molar-refractivity contribution in [1.82, 2.24) is 9.88 Å². The Labute approximate surface area is 203 Å².